The Morgan fingerprint density at radius 2 is 1.97 bits per heavy atom. The average Bonchev–Trinajstić information content (AvgIpc) is 3.20. The molecule has 4 heterocycles. The molecular weight excluding hydrogens is 442 g/mol. The number of piperidine rings is 1. The number of pyridine rings is 1. The summed E-state index contributed by atoms with van der Waals surface area (Å²) in [5.41, 5.74) is 1.88. The Morgan fingerprint density at radius 1 is 1.18 bits per heavy atom. The smallest absolute Gasteiger partial charge is 0.227 e. The van der Waals surface area contributed by atoms with Gasteiger partial charge in [0.15, 0.2) is 0 Å². The summed E-state index contributed by atoms with van der Waals surface area (Å²) in [6, 6.07) is 4.12. The molecule has 0 saturated carbocycles. The third-order valence-corrected chi connectivity index (χ3v) is 6.68. The van der Waals surface area contributed by atoms with Gasteiger partial charge in [0.25, 0.3) is 0 Å². The molecule has 0 amide bonds. The van der Waals surface area contributed by atoms with Crippen LogP contribution in [0, 0.1) is 0 Å². The second-order valence-electron chi connectivity index (χ2n) is 8.71. The van der Waals surface area contributed by atoms with Crippen molar-refractivity contribution in [2.45, 2.75) is 45.3 Å². The number of imidazole rings is 1. The molecule has 0 aromatic carbocycles. The number of anilines is 3. The second kappa shape index (κ2) is 10.0. The van der Waals surface area contributed by atoms with Crippen LogP contribution in [0.15, 0.2) is 30.9 Å². The Hall–Kier alpha value is -2.79. The number of hydrogen-bond donors (Lipinski definition) is 1. The molecule has 10 nitrogen and oxygen atoms in total. The third-order valence-electron chi connectivity index (χ3n) is 5.65. The minimum absolute atomic E-state index is 0.142. The molecule has 1 aliphatic heterocycles. The minimum atomic E-state index is -2.93. The van der Waals surface area contributed by atoms with Crippen molar-refractivity contribution < 1.29 is 13.2 Å². The summed E-state index contributed by atoms with van der Waals surface area (Å²) in [6.45, 7) is 6.29. The number of rotatable bonds is 9. The lowest BCUT2D eigenvalue weighted by molar-refractivity contribution is 0.0376. The summed E-state index contributed by atoms with van der Waals surface area (Å²) in [4.78, 5) is 20.1. The first-order chi connectivity index (χ1) is 15.8. The quantitative estimate of drug-likeness (QED) is 0.468. The van der Waals surface area contributed by atoms with Crippen molar-refractivity contribution in [3.63, 3.8) is 0 Å². The molecule has 178 valence electrons. The molecule has 1 fully saturated rings. The van der Waals surface area contributed by atoms with E-state index < -0.39 is 9.84 Å². The van der Waals surface area contributed by atoms with E-state index in [1.54, 1.807) is 12.4 Å². The van der Waals surface area contributed by atoms with E-state index in [9.17, 15) is 8.42 Å². The predicted molar refractivity (Wildman–Crippen MR) is 129 cm³/mol. The van der Waals surface area contributed by atoms with E-state index >= 15 is 0 Å². The van der Waals surface area contributed by atoms with Crippen LogP contribution in [0.25, 0.3) is 11.0 Å². The summed E-state index contributed by atoms with van der Waals surface area (Å²) >= 11 is 0. The molecule has 0 aliphatic carbocycles. The number of nitrogens with zero attached hydrogens (tertiary/aromatic N) is 6. The fourth-order valence-electron chi connectivity index (χ4n) is 3.91. The van der Waals surface area contributed by atoms with Crippen molar-refractivity contribution >= 4 is 38.5 Å². The number of nitrogens with one attached hydrogen (secondary N) is 1. The summed E-state index contributed by atoms with van der Waals surface area (Å²) in [7, 11) is -2.93. The van der Waals surface area contributed by atoms with Crippen LogP contribution >= 0.6 is 0 Å². The van der Waals surface area contributed by atoms with E-state index in [-0.39, 0.29) is 11.9 Å². The van der Waals surface area contributed by atoms with E-state index in [1.807, 2.05) is 18.5 Å². The maximum Gasteiger partial charge on any atom is 0.227 e. The van der Waals surface area contributed by atoms with Gasteiger partial charge in [0, 0.05) is 44.3 Å². The zero-order valence-electron chi connectivity index (χ0n) is 19.3. The van der Waals surface area contributed by atoms with Crippen LogP contribution in [0.4, 0.5) is 17.6 Å². The van der Waals surface area contributed by atoms with Gasteiger partial charge >= 0.3 is 0 Å². The molecule has 1 N–H and O–H groups in total. The normalized spacial score (nSPS) is 15.5. The van der Waals surface area contributed by atoms with E-state index in [2.05, 4.69) is 48.6 Å². The number of fused-ring (bicyclic) bond motifs is 1. The number of hydrogen-bond acceptors (Lipinski definition) is 9. The Bertz CT molecular complexity index is 1190. The molecule has 11 heteroatoms. The van der Waals surface area contributed by atoms with Crippen LogP contribution in [0.2, 0.25) is 0 Å². The highest BCUT2D eigenvalue weighted by atomic mass is 32.2. The molecule has 3 aromatic heterocycles. The molecule has 0 radical (unpaired) electrons. The van der Waals surface area contributed by atoms with Gasteiger partial charge in [0.1, 0.15) is 27.0 Å². The van der Waals surface area contributed by atoms with Crippen LogP contribution in [-0.2, 0) is 14.6 Å². The van der Waals surface area contributed by atoms with Gasteiger partial charge in [-0.3, -0.25) is 0 Å². The highest BCUT2D eigenvalue weighted by molar-refractivity contribution is 7.90. The van der Waals surface area contributed by atoms with Crippen LogP contribution in [0.1, 0.15) is 39.2 Å². The van der Waals surface area contributed by atoms with Crippen molar-refractivity contribution in [2.24, 2.45) is 0 Å². The van der Waals surface area contributed by atoms with Crippen LogP contribution in [0.5, 0.6) is 0 Å². The largest absolute Gasteiger partial charge is 0.378 e. The molecule has 0 spiro atoms. The lowest BCUT2D eigenvalue weighted by atomic mass is 10.1. The van der Waals surface area contributed by atoms with Crippen molar-refractivity contribution in [2.75, 3.05) is 41.9 Å². The first-order valence-corrected chi connectivity index (χ1v) is 13.3. The zero-order chi connectivity index (χ0) is 23.4. The van der Waals surface area contributed by atoms with Crippen LogP contribution in [-0.4, -0.2) is 70.7 Å². The monoisotopic (exact) mass is 473 g/mol. The van der Waals surface area contributed by atoms with Crippen LogP contribution in [0.3, 0.4) is 0 Å². The Balaban J connectivity index is 1.34. The molecule has 4 rings (SSSR count). The molecule has 1 aliphatic rings. The summed E-state index contributed by atoms with van der Waals surface area (Å²) in [6.07, 6.45) is 8.99. The molecule has 33 heavy (non-hydrogen) atoms. The lowest BCUT2D eigenvalue weighted by Gasteiger charge is -2.32. The number of aromatic nitrogens is 5. The van der Waals surface area contributed by atoms with Crippen molar-refractivity contribution in [3.8, 4) is 0 Å². The van der Waals surface area contributed by atoms with Crippen molar-refractivity contribution in [1.29, 1.82) is 0 Å². The SMILES string of the molecule is CC(C)n1cnc2cnc(Nc3ccnc(N4CCC(OCCCS(C)(=O)=O)CC4)n3)cc21. The third kappa shape index (κ3) is 6.17. The molecule has 0 atom stereocenters. The topological polar surface area (TPSA) is 115 Å². The van der Waals surface area contributed by atoms with Gasteiger partial charge in [0.05, 0.1) is 29.9 Å². The maximum atomic E-state index is 11.2. The van der Waals surface area contributed by atoms with Gasteiger partial charge in [-0.25, -0.2) is 23.4 Å². The molecule has 3 aromatic rings. The Kier molecular flexibility index (Phi) is 7.08. The predicted octanol–water partition coefficient (Wildman–Crippen LogP) is 2.97. The van der Waals surface area contributed by atoms with Gasteiger partial charge in [-0.2, -0.15) is 4.98 Å². The maximum absolute atomic E-state index is 11.2. The summed E-state index contributed by atoms with van der Waals surface area (Å²) < 4.78 is 30.4. The highest BCUT2D eigenvalue weighted by Gasteiger charge is 2.22. The van der Waals surface area contributed by atoms with E-state index in [0.717, 1.165) is 37.0 Å². The fraction of sp³-hybridized carbons (Fsp3) is 0.545. The Labute approximate surface area is 194 Å². The van der Waals surface area contributed by atoms with Gasteiger partial charge in [0.2, 0.25) is 5.95 Å². The molecule has 0 unspecified atom stereocenters. The average molecular weight is 474 g/mol. The first-order valence-electron chi connectivity index (χ1n) is 11.3. The minimum Gasteiger partial charge on any atom is -0.378 e. The Morgan fingerprint density at radius 3 is 2.70 bits per heavy atom. The highest BCUT2D eigenvalue weighted by Crippen LogP contribution is 2.23. The first kappa shape index (κ1) is 23.4. The fourth-order valence-corrected chi connectivity index (χ4v) is 4.55. The van der Waals surface area contributed by atoms with Crippen LogP contribution < -0.4 is 10.2 Å². The zero-order valence-corrected chi connectivity index (χ0v) is 20.1. The number of ether oxygens (including phenoxy) is 1. The molecule has 1 saturated heterocycles. The second-order valence-corrected chi connectivity index (χ2v) is 11.0. The summed E-state index contributed by atoms with van der Waals surface area (Å²) in [5.74, 6) is 2.22. The van der Waals surface area contributed by atoms with Crippen molar-refractivity contribution in [1.82, 2.24) is 24.5 Å². The van der Waals surface area contributed by atoms with E-state index in [1.165, 1.54) is 6.26 Å². The number of sulfone groups is 1. The van der Waals surface area contributed by atoms with E-state index in [4.69, 9.17) is 4.74 Å². The van der Waals surface area contributed by atoms with Crippen molar-refractivity contribution in [3.05, 3.63) is 30.9 Å². The van der Waals surface area contributed by atoms with Gasteiger partial charge in [-0.15, -0.1) is 0 Å². The lowest BCUT2D eigenvalue weighted by Crippen LogP contribution is -2.38. The summed E-state index contributed by atoms with van der Waals surface area (Å²) in [5, 5.41) is 3.28. The molecule has 0 bridgehead atoms. The van der Waals surface area contributed by atoms with E-state index in [0.29, 0.717) is 36.7 Å². The molecular formula is C22H31N7O3S. The standard InChI is InChI=1S/C22H31N7O3S/c1-16(2)29-15-25-18-14-24-21(13-19(18)29)26-20-5-8-23-22(27-20)28-9-6-17(7-10-28)32-11-4-12-33(3,30)31/h5,8,13-17H,4,6-7,9-12H2,1-3H3,(H,23,24,26,27). The van der Waals surface area contributed by atoms with Gasteiger partial charge in [-0.1, -0.05) is 0 Å². The van der Waals surface area contributed by atoms with Gasteiger partial charge < -0.3 is 19.5 Å². The van der Waals surface area contributed by atoms with Gasteiger partial charge in [-0.05, 0) is 39.2 Å².